The number of hydrogen-bond acceptors (Lipinski definition) is 4. The Morgan fingerprint density at radius 3 is 2.49 bits per heavy atom. The molecule has 4 aliphatic carbocycles. The van der Waals surface area contributed by atoms with Crippen molar-refractivity contribution in [2.45, 2.75) is 123 Å². The van der Waals surface area contributed by atoms with Crippen LogP contribution in [0.25, 0.3) is 0 Å². The second-order valence-electron chi connectivity index (χ2n) is 14.3. The van der Waals surface area contributed by atoms with Crippen molar-refractivity contribution < 1.29 is 13.2 Å². The summed E-state index contributed by atoms with van der Waals surface area (Å²) in [6.45, 7) is 12.0. The van der Waals surface area contributed by atoms with Crippen molar-refractivity contribution in [2.75, 3.05) is 0 Å². The maximum atomic E-state index is 12.7. The number of aryl methyl sites for hydroxylation is 1. The van der Waals surface area contributed by atoms with Gasteiger partial charge in [-0.25, -0.2) is 9.71 Å². The van der Waals surface area contributed by atoms with Crippen molar-refractivity contribution in [3.8, 4) is 0 Å². The first-order valence-corrected chi connectivity index (χ1v) is 17.5. The Morgan fingerprint density at radius 1 is 1.03 bits per heavy atom. The minimum Gasteiger partial charge on any atom is -0.274 e. The van der Waals surface area contributed by atoms with Crippen LogP contribution < -0.4 is 4.72 Å². The summed E-state index contributed by atoms with van der Waals surface area (Å²) < 4.78 is 27.7. The lowest BCUT2D eigenvalue weighted by Crippen LogP contribution is -2.55. The van der Waals surface area contributed by atoms with Gasteiger partial charge in [-0.15, -0.1) is 0 Å². The summed E-state index contributed by atoms with van der Waals surface area (Å²) in [6, 6.07) is 3.24. The van der Waals surface area contributed by atoms with E-state index in [1.54, 1.807) is 12.3 Å². The zero-order valence-electron chi connectivity index (χ0n) is 25.0. The molecular formula is C33H52N2O3S. The molecule has 5 rings (SSSR count). The van der Waals surface area contributed by atoms with Gasteiger partial charge in [-0.2, -0.15) is 8.42 Å². The van der Waals surface area contributed by atoms with Gasteiger partial charge in [0.1, 0.15) is 0 Å². The predicted molar refractivity (Wildman–Crippen MR) is 156 cm³/mol. The Balaban J connectivity index is 1.22. The summed E-state index contributed by atoms with van der Waals surface area (Å²) >= 11 is 0. The van der Waals surface area contributed by atoms with Crippen molar-refractivity contribution in [1.82, 2.24) is 9.71 Å². The van der Waals surface area contributed by atoms with Gasteiger partial charge in [0.05, 0.1) is 0 Å². The van der Waals surface area contributed by atoms with Gasteiger partial charge in [0.15, 0.2) is 5.03 Å². The number of sulfonamides is 1. The quantitative estimate of drug-likeness (QED) is 0.359. The number of nitrogens with zero attached hydrogens (tertiary/aromatic N) is 1. The maximum absolute atomic E-state index is 12.7. The molecule has 0 saturated heterocycles. The first kappa shape index (κ1) is 29.1. The molecule has 4 fully saturated rings. The smallest absolute Gasteiger partial charge is 0.274 e. The van der Waals surface area contributed by atoms with E-state index in [0.29, 0.717) is 22.7 Å². The van der Waals surface area contributed by atoms with E-state index in [1.165, 1.54) is 70.3 Å². The lowest BCUT2D eigenvalue weighted by molar-refractivity contribution is -0.138. The third kappa shape index (κ3) is 5.21. The van der Waals surface area contributed by atoms with Crippen molar-refractivity contribution in [3.05, 3.63) is 23.9 Å². The number of rotatable bonds is 8. The molecule has 3 unspecified atom stereocenters. The van der Waals surface area contributed by atoms with Gasteiger partial charge in [-0.3, -0.25) is 4.79 Å². The van der Waals surface area contributed by atoms with Crippen molar-refractivity contribution in [3.63, 3.8) is 0 Å². The fourth-order valence-electron chi connectivity index (χ4n) is 10.6. The Hall–Kier alpha value is -1.43. The van der Waals surface area contributed by atoms with E-state index in [9.17, 15) is 13.2 Å². The highest BCUT2D eigenvalue weighted by Crippen LogP contribution is 2.69. The zero-order valence-corrected chi connectivity index (χ0v) is 25.9. The summed E-state index contributed by atoms with van der Waals surface area (Å²) in [5, 5.41) is -0.0872. The molecule has 4 aliphatic rings. The Morgan fingerprint density at radius 2 is 1.79 bits per heavy atom. The molecule has 1 heterocycles. The van der Waals surface area contributed by atoms with E-state index in [-0.39, 0.29) is 11.4 Å². The molecule has 1 aromatic heterocycles. The molecular weight excluding hydrogens is 504 g/mol. The molecule has 218 valence electrons. The third-order valence-corrected chi connectivity index (χ3v) is 13.9. The van der Waals surface area contributed by atoms with Crippen molar-refractivity contribution in [2.24, 2.45) is 52.3 Å². The highest BCUT2D eigenvalue weighted by atomic mass is 32.2. The summed E-state index contributed by atoms with van der Waals surface area (Å²) in [5.41, 5.74) is 1.87. The number of carbonyl (C=O) groups is 1. The number of pyridine rings is 1. The minimum atomic E-state index is -3.93. The first-order valence-electron chi connectivity index (χ1n) is 16.0. The summed E-state index contributed by atoms with van der Waals surface area (Å²) in [7, 11) is -3.93. The van der Waals surface area contributed by atoms with Crippen molar-refractivity contribution >= 4 is 15.9 Å². The van der Waals surface area contributed by atoms with E-state index in [4.69, 9.17) is 0 Å². The fourth-order valence-corrected chi connectivity index (χ4v) is 11.5. The monoisotopic (exact) mass is 556 g/mol. The molecule has 0 radical (unpaired) electrons. The molecule has 5 nitrogen and oxygen atoms in total. The molecule has 9 atom stereocenters. The number of hydrogen-bond donors (Lipinski definition) is 1. The van der Waals surface area contributed by atoms with Gasteiger partial charge < -0.3 is 0 Å². The molecule has 39 heavy (non-hydrogen) atoms. The van der Waals surface area contributed by atoms with Crippen LogP contribution in [0.2, 0.25) is 0 Å². The van der Waals surface area contributed by atoms with Gasteiger partial charge in [0, 0.05) is 12.6 Å². The van der Waals surface area contributed by atoms with Crippen LogP contribution >= 0.6 is 0 Å². The molecule has 1 N–H and O–H groups in total. The van der Waals surface area contributed by atoms with E-state index in [1.807, 2.05) is 6.92 Å². The standard InChI is InChI=1S/C33H52N2O3S/c1-6-23-12-16-31(34-21-23)39(37,38)35-30(36)15-11-22(3)26-13-14-28-25-20-24(7-2)27-10-8-9-18-32(27,4)29(25)17-19-33(26,28)5/h12,16,21-22,24-29H,6-11,13-15,17-20H2,1-5H3,(H,35,36)/t22-,24+,25?,26-,27+,28?,29?,32+,33-/m1/s1. The van der Waals surface area contributed by atoms with Crippen LogP contribution in [0.1, 0.15) is 117 Å². The lowest BCUT2D eigenvalue weighted by atomic mass is 9.42. The van der Waals surface area contributed by atoms with Crippen LogP contribution in [0.15, 0.2) is 23.4 Å². The third-order valence-electron chi connectivity index (χ3n) is 12.6. The van der Waals surface area contributed by atoms with Gasteiger partial charge in [-0.05, 0) is 122 Å². The van der Waals surface area contributed by atoms with Crippen LogP contribution in [0.4, 0.5) is 0 Å². The second-order valence-corrected chi connectivity index (χ2v) is 15.9. The van der Waals surface area contributed by atoms with E-state index < -0.39 is 15.9 Å². The number of nitrogens with one attached hydrogen (secondary N) is 1. The first-order chi connectivity index (χ1) is 18.5. The number of aromatic nitrogens is 1. The van der Waals surface area contributed by atoms with Crippen LogP contribution in [0.5, 0.6) is 0 Å². The average Bonchev–Trinajstić information content (AvgIpc) is 3.28. The largest absolute Gasteiger partial charge is 0.281 e. The summed E-state index contributed by atoms with van der Waals surface area (Å²) in [4.78, 5) is 16.8. The number of carbonyl (C=O) groups excluding carboxylic acids is 1. The Bertz CT molecular complexity index is 1130. The van der Waals surface area contributed by atoms with Crippen LogP contribution in [0.3, 0.4) is 0 Å². The highest BCUT2D eigenvalue weighted by molar-refractivity contribution is 7.90. The van der Waals surface area contributed by atoms with Crippen molar-refractivity contribution in [1.29, 1.82) is 0 Å². The van der Waals surface area contributed by atoms with Crippen LogP contribution in [0, 0.1) is 52.3 Å². The van der Waals surface area contributed by atoms with E-state index in [2.05, 4.69) is 37.4 Å². The van der Waals surface area contributed by atoms with Crippen LogP contribution in [-0.4, -0.2) is 19.3 Å². The van der Waals surface area contributed by atoms with Gasteiger partial charge in [-0.1, -0.05) is 59.9 Å². The zero-order chi connectivity index (χ0) is 28.0. The Kier molecular flexibility index (Phi) is 8.27. The number of fused-ring (bicyclic) bond motifs is 5. The van der Waals surface area contributed by atoms with Gasteiger partial charge in [0.25, 0.3) is 10.0 Å². The highest BCUT2D eigenvalue weighted by Gasteiger charge is 2.61. The molecule has 0 aliphatic heterocycles. The number of amides is 1. The minimum absolute atomic E-state index is 0.0872. The van der Waals surface area contributed by atoms with Gasteiger partial charge >= 0.3 is 0 Å². The van der Waals surface area contributed by atoms with E-state index >= 15 is 0 Å². The summed E-state index contributed by atoms with van der Waals surface area (Å²) in [6.07, 6.45) is 17.2. The lowest BCUT2D eigenvalue weighted by Gasteiger charge is -2.63. The average molecular weight is 557 g/mol. The molecule has 0 spiro atoms. The fraction of sp³-hybridized carbons (Fsp3) is 0.818. The molecule has 1 amide bonds. The topological polar surface area (TPSA) is 76.1 Å². The molecule has 0 bridgehead atoms. The molecule has 0 aromatic carbocycles. The van der Waals surface area contributed by atoms with E-state index in [0.717, 1.165) is 48.0 Å². The normalized spacial score (nSPS) is 38.8. The SMILES string of the molecule is CCc1ccc(S(=O)(=O)NC(=O)CC[C@@H](C)[C@H]2CCC3C4C[C@H](CC)[C@@H]5CCCC[C@]5(C)C4CC[C@@]32C)nc1. The maximum Gasteiger partial charge on any atom is 0.281 e. The second kappa shape index (κ2) is 11.1. The van der Waals surface area contributed by atoms with Crippen LogP contribution in [-0.2, 0) is 21.2 Å². The van der Waals surface area contributed by atoms with Gasteiger partial charge in [0.2, 0.25) is 5.91 Å². The predicted octanol–water partition coefficient (Wildman–Crippen LogP) is 7.55. The molecule has 1 aromatic rings. The molecule has 4 saturated carbocycles. The Labute approximate surface area is 237 Å². The summed E-state index contributed by atoms with van der Waals surface area (Å²) in [5.74, 6) is 5.02. The molecule has 6 heteroatoms.